The van der Waals surface area contributed by atoms with Crippen LogP contribution in [0.5, 0.6) is 0 Å². The van der Waals surface area contributed by atoms with Gasteiger partial charge < -0.3 is 4.74 Å². The number of rotatable bonds is 10. The molecule has 28 heavy (non-hydrogen) atoms. The van der Waals surface area contributed by atoms with Gasteiger partial charge in [-0.25, -0.2) is 13.8 Å². The highest BCUT2D eigenvalue weighted by Crippen LogP contribution is 2.16. The SMILES string of the molecule is C=CCCOCCC(C(=C)/C=C\C)N(NC(=S)c1cc(F)cc(F)c1)C(C)=O. The number of benzene rings is 1. The number of ether oxygens (including phenoxy) is 1. The van der Waals surface area contributed by atoms with E-state index in [1.807, 2.05) is 13.0 Å². The van der Waals surface area contributed by atoms with E-state index in [1.54, 1.807) is 12.2 Å². The predicted molar refractivity (Wildman–Crippen MR) is 112 cm³/mol. The molecule has 0 radical (unpaired) electrons. The van der Waals surface area contributed by atoms with Crippen LogP contribution in [0.25, 0.3) is 0 Å². The molecule has 1 aromatic carbocycles. The van der Waals surface area contributed by atoms with Crippen molar-refractivity contribution < 1.29 is 18.3 Å². The maximum Gasteiger partial charge on any atom is 0.238 e. The van der Waals surface area contributed by atoms with Crippen molar-refractivity contribution in [3.8, 4) is 0 Å². The second kappa shape index (κ2) is 12.2. The normalized spacial score (nSPS) is 11.9. The number of hydrogen-bond donors (Lipinski definition) is 1. The smallest absolute Gasteiger partial charge is 0.238 e. The van der Waals surface area contributed by atoms with Gasteiger partial charge in [0.2, 0.25) is 5.91 Å². The Labute approximate surface area is 170 Å². The molecule has 0 saturated carbocycles. The number of halogens is 2. The topological polar surface area (TPSA) is 41.6 Å². The van der Waals surface area contributed by atoms with Crippen LogP contribution in [0.4, 0.5) is 8.78 Å². The third-order valence-corrected chi connectivity index (χ3v) is 4.14. The first-order chi connectivity index (χ1) is 13.3. The van der Waals surface area contributed by atoms with Gasteiger partial charge >= 0.3 is 0 Å². The minimum Gasteiger partial charge on any atom is -0.381 e. The molecule has 0 aromatic heterocycles. The fraction of sp³-hybridized carbons (Fsp3) is 0.333. The minimum atomic E-state index is -0.751. The van der Waals surface area contributed by atoms with Crippen molar-refractivity contribution in [3.05, 3.63) is 72.4 Å². The van der Waals surface area contributed by atoms with Crippen molar-refractivity contribution in [2.45, 2.75) is 32.7 Å². The van der Waals surface area contributed by atoms with Gasteiger partial charge in [-0.3, -0.25) is 10.2 Å². The van der Waals surface area contributed by atoms with Crippen LogP contribution in [0.2, 0.25) is 0 Å². The highest BCUT2D eigenvalue weighted by molar-refractivity contribution is 7.80. The summed E-state index contributed by atoms with van der Waals surface area (Å²) >= 11 is 5.25. The Balaban J connectivity index is 2.99. The molecule has 0 bridgehead atoms. The summed E-state index contributed by atoms with van der Waals surface area (Å²) in [7, 11) is 0. The van der Waals surface area contributed by atoms with Gasteiger partial charge in [-0.2, -0.15) is 0 Å². The van der Waals surface area contributed by atoms with Gasteiger partial charge in [0.1, 0.15) is 16.6 Å². The Morgan fingerprint density at radius 3 is 2.50 bits per heavy atom. The van der Waals surface area contributed by atoms with Crippen molar-refractivity contribution in [2.24, 2.45) is 0 Å². The lowest BCUT2D eigenvalue weighted by Gasteiger charge is -2.32. The first-order valence-corrected chi connectivity index (χ1v) is 9.28. The third kappa shape index (κ3) is 7.70. The largest absolute Gasteiger partial charge is 0.381 e. The number of nitrogens with one attached hydrogen (secondary N) is 1. The minimum absolute atomic E-state index is 0.0273. The van der Waals surface area contributed by atoms with Crippen molar-refractivity contribution in [1.29, 1.82) is 0 Å². The zero-order valence-corrected chi connectivity index (χ0v) is 17.0. The lowest BCUT2D eigenvalue weighted by molar-refractivity contribution is -0.132. The van der Waals surface area contributed by atoms with Crippen molar-refractivity contribution in [2.75, 3.05) is 13.2 Å². The molecule has 0 aliphatic carbocycles. The van der Waals surface area contributed by atoms with Crippen LogP contribution in [-0.4, -0.2) is 35.2 Å². The summed E-state index contributed by atoms with van der Waals surface area (Å²) in [6, 6.07) is 2.51. The molecule has 0 saturated heterocycles. The van der Waals surface area contributed by atoms with Crippen LogP contribution in [0.15, 0.2) is 55.2 Å². The summed E-state index contributed by atoms with van der Waals surface area (Å²) in [5.74, 6) is -1.82. The van der Waals surface area contributed by atoms with Gasteiger partial charge in [-0.05, 0) is 37.5 Å². The van der Waals surface area contributed by atoms with E-state index in [0.29, 0.717) is 25.2 Å². The lowest BCUT2D eigenvalue weighted by atomic mass is 10.0. The van der Waals surface area contributed by atoms with E-state index in [1.165, 1.54) is 11.9 Å². The maximum absolute atomic E-state index is 13.5. The third-order valence-electron chi connectivity index (χ3n) is 3.81. The van der Waals surface area contributed by atoms with E-state index in [4.69, 9.17) is 17.0 Å². The van der Waals surface area contributed by atoms with Gasteiger partial charge in [-0.1, -0.05) is 37.0 Å². The molecule has 1 amide bonds. The number of amides is 1. The van der Waals surface area contributed by atoms with Gasteiger partial charge in [-0.15, -0.1) is 6.58 Å². The molecule has 4 nitrogen and oxygen atoms in total. The maximum atomic E-state index is 13.5. The summed E-state index contributed by atoms with van der Waals surface area (Å²) in [6.45, 7) is 11.8. The Morgan fingerprint density at radius 2 is 1.96 bits per heavy atom. The summed E-state index contributed by atoms with van der Waals surface area (Å²) in [5.41, 5.74) is 3.60. The highest BCUT2D eigenvalue weighted by Gasteiger charge is 2.24. The second-order valence-electron chi connectivity index (χ2n) is 6.06. The summed E-state index contributed by atoms with van der Waals surface area (Å²) < 4.78 is 32.5. The molecule has 1 unspecified atom stereocenters. The van der Waals surface area contributed by atoms with Gasteiger partial charge in [0.25, 0.3) is 0 Å². The molecule has 1 rings (SSSR count). The van der Waals surface area contributed by atoms with Crippen LogP contribution in [0, 0.1) is 11.6 Å². The molecule has 1 N–H and O–H groups in total. The van der Waals surface area contributed by atoms with Crippen molar-refractivity contribution in [1.82, 2.24) is 10.4 Å². The van der Waals surface area contributed by atoms with Crippen molar-refractivity contribution >= 4 is 23.1 Å². The van der Waals surface area contributed by atoms with Crippen LogP contribution in [0.1, 0.15) is 32.3 Å². The molecule has 0 aliphatic rings. The van der Waals surface area contributed by atoms with E-state index in [9.17, 15) is 13.6 Å². The molecule has 7 heteroatoms. The number of hydrazine groups is 1. The van der Waals surface area contributed by atoms with E-state index in [-0.39, 0.29) is 16.5 Å². The first kappa shape index (κ1) is 23.7. The number of allylic oxidation sites excluding steroid dienone is 1. The quantitative estimate of drug-likeness (QED) is 0.204. The molecule has 1 atom stereocenters. The standard InChI is InChI=1S/C21H26F2N2O2S/c1-5-7-10-27-11-9-20(15(3)8-6-2)25(16(4)26)24-21(28)17-12-18(22)14-19(23)13-17/h5-6,8,12-14,20H,1,3,7,9-11H2,2,4H3,(H,24,28)/b8-6-. The number of thiocarbonyl (C=S) groups is 1. The molecule has 0 aliphatic heterocycles. The zero-order valence-electron chi connectivity index (χ0n) is 16.2. The van der Waals surface area contributed by atoms with Crippen molar-refractivity contribution in [3.63, 3.8) is 0 Å². The average molecular weight is 409 g/mol. The van der Waals surface area contributed by atoms with E-state index < -0.39 is 17.7 Å². The Bertz CT molecular complexity index is 730. The lowest BCUT2D eigenvalue weighted by Crippen LogP contribution is -2.51. The van der Waals surface area contributed by atoms with Crippen LogP contribution < -0.4 is 5.43 Å². The van der Waals surface area contributed by atoms with Gasteiger partial charge in [0, 0.05) is 31.8 Å². The molecule has 1 aromatic rings. The monoisotopic (exact) mass is 408 g/mol. The fourth-order valence-corrected chi connectivity index (χ4v) is 2.72. The highest BCUT2D eigenvalue weighted by atomic mass is 32.1. The Morgan fingerprint density at radius 1 is 1.32 bits per heavy atom. The van der Waals surface area contributed by atoms with E-state index in [0.717, 1.165) is 24.6 Å². The summed E-state index contributed by atoms with van der Waals surface area (Å²) in [4.78, 5) is 12.3. The predicted octanol–water partition coefficient (Wildman–Crippen LogP) is 4.48. The summed E-state index contributed by atoms with van der Waals surface area (Å²) in [5, 5.41) is 1.31. The van der Waals surface area contributed by atoms with Gasteiger partial charge in [0.15, 0.2) is 0 Å². The van der Waals surface area contributed by atoms with Crippen LogP contribution >= 0.6 is 12.2 Å². The van der Waals surface area contributed by atoms with E-state index in [2.05, 4.69) is 18.6 Å². The summed E-state index contributed by atoms with van der Waals surface area (Å²) in [6.07, 6.45) is 6.55. The molecule has 152 valence electrons. The Kier molecular flexibility index (Phi) is 10.3. The molecular weight excluding hydrogens is 382 g/mol. The van der Waals surface area contributed by atoms with Crippen LogP contribution in [-0.2, 0) is 9.53 Å². The zero-order chi connectivity index (χ0) is 21.1. The first-order valence-electron chi connectivity index (χ1n) is 8.87. The number of carbonyl (C=O) groups is 1. The Hall–Kier alpha value is -2.38. The second-order valence-corrected chi connectivity index (χ2v) is 6.47. The molecule has 0 heterocycles. The molecule has 0 fully saturated rings. The number of carbonyl (C=O) groups excluding carboxylic acids is 1. The number of nitrogens with zero attached hydrogens (tertiary/aromatic N) is 1. The molecule has 0 spiro atoms. The average Bonchev–Trinajstić information content (AvgIpc) is 2.62. The van der Waals surface area contributed by atoms with Gasteiger partial charge in [0.05, 0.1) is 6.04 Å². The fourth-order valence-electron chi connectivity index (χ4n) is 2.50. The van der Waals surface area contributed by atoms with E-state index >= 15 is 0 Å². The number of hydrogen-bond acceptors (Lipinski definition) is 3. The van der Waals surface area contributed by atoms with Crippen LogP contribution in [0.3, 0.4) is 0 Å². The molecular formula is C21H26F2N2O2S.